The van der Waals surface area contributed by atoms with Crippen LogP contribution in [-0.2, 0) is 6.54 Å². The molecule has 0 saturated carbocycles. The Morgan fingerprint density at radius 2 is 2.06 bits per heavy atom. The van der Waals surface area contributed by atoms with Gasteiger partial charge in [0.1, 0.15) is 0 Å². The molecule has 3 heteroatoms. The molecule has 88 valence electrons. The van der Waals surface area contributed by atoms with Crippen molar-refractivity contribution in [3.05, 3.63) is 60.4 Å². The highest BCUT2D eigenvalue weighted by Crippen LogP contribution is 2.06. The van der Waals surface area contributed by atoms with Gasteiger partial charge < -0.3 is 5.32 Å². The Morgan fingerprint density at radius 3 is 2.76 bits per heavy atom. The highest BCUT2D eigenvalue weighted by Gasteiger charge is 2.00. The van der Waals surface area contributed by atoms with Crippen LogP contribution in [0.25, 0.3) is 5.69 Å². The van der Waals surface area contributed by atoms with Gasteiger partial charge in [0, 0.05) is 19.3 Å². The lowest BCUT2D eigenvalue weighted by molar-refractivity contribution is 0.707. The van der Waals surface area contributed by atoms with Gasteiger partial charge in [0.2, 0.25) is 0 Å². The van der Waals surface area contributed by atoms with E-state index in [2.05, 4.69) is 17.0 Å². The molecule has 0 saturated heterocycles. The SMILES string of the molecule is C=C(C)CNCc1ccn(-c2ccccc2)n1. The normalized spacial score (nSPS) is 10.4. The molecule has 0 bridgehead atoms. The van der Waals surface area contributed by atoms with Crippen LogP contribution < -0.4 is 5.32 Å². The number of hydrogen-bond acceptors (Lipinski definition) is 2. The van der Waals surface area contributed by atoms with Crippen LogP contribution in [0.2, 0.25) is 0 Å². The molecule has 1 aromatic carbocycles. The number of para-hydroxylation sites is 1. The Bertz CT molecular complexity index is 485. The van der Waals surface area contributed by atoms with Gasteiger partial charge in [0.15, 0.2) is 0 Å². The average Bonchev–Trinajstić information content (AvgIpc) is 2.78. The molecule has 0 spiro atoms. The van der Waals surface area contributed by atoms with Crippen molar-refractivity contribution < 1.29 is 0 Å². The Morgan fingerprint density at radius 1 is 1.29 bits per heavy atom. The Balaban J connectivity index is 1.99. The molecule has 0 aliphatic carbocycles. The van der Waals surface area contributed by atoms with Gasteiger partial charge in [-0.3, -0.25) is 0 Å². The van der Waals surface area contributed by atoms with Crippen molar-refractivity contribution in [3.63, 3.8) is 0 Å². The van der Waals surface area contributed by atoms with Crippen molar-refractivity contribution in [2.75, 3.05) is 6.54 Å². The second-order valence-electron chi connectivity index (χ2n) is 4.15. The van der Waals surface area contributed by atoms with Crippen LogP contribution in [0.5, 0.6) is 0 Å². The van der Waals surface area contributed by atoms with E-state index in [1.165, 1.54) is 0 Å². The van der Waals surface area contributed by atoms with Crippen LogP contribution in [0, 0.1) is 0 Å². The van der Waals surface area contributed by atoms with E-state index in [0.717, 1.165) is 30.0 Å². The van der Waals surface area contributed by atoms with E-state index in [0.29, 0.717) is 0 Å². The maximum absolute atomic E-state index is 4.50. The molecule has 2 rings (SSSR count). The summed E-state index contributed by atoms with van der Waals surface area (Å²) in [5.41, 5.74) is 3.25. The number of hydrogen-bond donors (Lipinski definition) is 1. The second-order valence-corrected chi connectivity index (χ2v) is 4.15. The molecule has 17 heavy (non-hydrogen) atoms. The van der Waals surface area contributed by atoms with Crippen molar-refractivity contribution in [3.8, 4) is 5.69 Å². The zero-order valence-electron chi connectivity index (χ0n) is 10.1. The average molecular weight is 227 g/mol. The minimum Gasteiger partial charge on any atom is -0.307 e. The van der Waals surface area contributed by atoms with Gasteiger partial charge in [-0.1, -0.05) is 30.4 Å². The molecule has 0 amide bonds. The maximum Gasteiger partial charge on any atom is 0.0766 e. The molecular weight excluding hydrogens is 210 g/mol. The van der Waals surface area contributed by atoms with Crippen LogP contribution in [0.1, 0.15) is 12.6 Å². The van der Waals surface area contributed by atoms with E-state index >= 15 is 0 Å². The minimum atomic E-state index is 0.771. The predicted octanol–water partition coefficient (Wildman–Crippen LogP) is 2.54. The molecule has 2 aromatic rings. The number of benzene rings is 1. The quantitative estimate of drug-likeness (QED) is 0.795. The van der Waals surface area contributed by atoms with Crippen molar-refractivity contribution in [1.82, 2.24) is 15.1 Å². The highest BCUT2D eigenvalue weighted by molar-refractivity contribution is 5.30. The van der Waals surface area contributed by atoms with E-state index in [-0.39, 0.29) is 0 Å². The van der Waals surface area contributed by atoms with Crippen molar-refractivity contribution >= 4 is 0 Å². The molecule has 0 radical (unpaired) electrons. The molecule has 1 N–H and O–H groups in total. The summed E-state index contributed by atoms with van der Waals surface area (Å²) in [5.74, 6) is 0. The minimum absolute atomic E-state index is 0.771. The Labute approximate surface area is 102 Å². The van der Waals surface area contributed by atoms with E-state index in [9.17, 15) is 0 Å². The fraction of sp³-hybridized carbons (Fsp3) is 0.214. The lowest BCUT2D eigenvalue weighted by atomic mass is 10.3. The maximum atomic E-state index is 4.50. The summed E-state index contributed by atoms with van der Waals surface area (Å²) in [6.07, 6.45) is 1.98. The third-order valence-electron chi connectivity index (χ3n) is 2.40. The molecule has 3 nitrogen and oxygen atoms in total. The topological polar surface area (TPSA) is 29.9 Å². The van der Waals surface area contributed by atoms with Crippen molar-refractivity contribution in [2.24, 2.45) is 0 Å². The lowest BCUT2D eigenvalue weighted by Gasteiger charge is -2.02. The summed E-state index contributed by atoms with van der Waals surface area (Å²) in [6.45, 7) is 7.46. The zero-order valence-corrected chi connectivity index (χ0v) is 10.1. The van der Waals surface area contributed by atoms with Gasteiger partial charge in [-0.25, -0.2) is 4.68 Å². The number of aromatic nitrogens is 2. The summed E-state index contributed by atoms with van der Waals surface area (Å²) >= 11 is 0. The van der Waals surface area contributed by atoms with Crippen molar-refractivity contribution in [1.29, 1.82) is 0 Å². The highest BCUT2D eigenvalue weighted by atomic mass is 15.3. The largest absolute Gasteiger partial charge is 0.307 e. The number of nitrogens with zero attached hydrogens (tertiary/aromatic N) is 2. The van der Waals surface area contributed by atoms with Gasteiger partial charge in [0.25, 0.3) is 0 Å². The van der Waals surface area contributed by atoms with E-state index in [4.69, 9.17) is 0 Å². The van der Waals surface area contributed by atoms with Crippen LogP contribution >= 0.6 is 0 Å². The molecule has 0 atom stereocenters. The summed E-state index contributed by atoms with van der Waals surface area (Å²) < 4.78 is 1.89. The smallest absolute Gasteiger partial charge is 0.0766 e. The van der Waals surface area contributed by atoms with E-state index in [1.807, 2.05) is 54.2 Å². The third-order valence-corrected chi connectivity index (χ3v) is 2.40. The molecule has 1 heterocycles. The zero-order chi connectivity index (χ0) is 12.1. The fourth-order valence-electron chi connectivity index (χ4n) is 1.58. The first kappa shape index (κ1) is 11.6. The van der Waals surface area contributed by atoms with Gasteiger partial charge in [-0.05, 0) is 25.1 Å². The summed E-state index contributed by atoms with van der Waals surface area (Å²) in [7, 11) is 0. The van der Waals surface area contributed by atoms with E-state index in [1.54, 1.807) is 0 Å². The summed E-state index contributed by atoms with van der Waals surface area (Å²) in [5, 5.41) is 7.79. The molecule has 0 fully saturated rings. The van der Waals surface area contributed by atoms with Crippen LogP contribution in [0.15, 0.2) is 54.7 Å². The second kappa shape index (κ2) is 5.46. The number of rotatable bonds is 5. The monoisotopic (exact) mass is 227 g/mol. The first-order valence-electron chi connectivity index (χ1n) is 5.71. The van der Waals surface area contributed by atoms with Gasteiger partial charge in [-0.2, -0.15) is 5.10 Å². The summed E-state index contributed by atoms with van der Waals surface area (Å²) in [6, 6.07) is 12.1. The standard InChI is InChI=1S/C14H17N3/c1-12(2)10-15-11-13-8-9-17(16-13)14-6-4-3-5-7-14/h3-9,15H,1,10-11H2,2H3. The Kier molecular flexibility index (Phi) is 3.73. The van der Waals surface area contributed by atoms with E-state index < -0.39 is 0 Å². The van der Waals surface area contributed by atoms with Crippen LogP contribution in [-0.4, -0.2) is 16.3 Å². The van der Waals surface area contributed by atoms with Gasteiger partial charge >= 0.3 is 0 Å². The molecule has 1 aromatic heterocycles. The number of nitrogens with one attached hydrogen (secondary N) is 1. The predicted molar refractivity (Wildman–Crippen MR) is 70.1 cm³/mol. The first-order valence-corrected chi connectivity index (χ1v) is 5.71. The molecule has 0 aliphatic rings. The third kappa shape index (κ3) is 3.29. The van der Waals surface area contributed by atoms with Crippen LogP contribution in [0.4, 0.5) is 0 Å². The molecule has 0 aliphatic heterocycles. The van der Waals surface area contributed by atoms with Gasteiger partial charge in [0.05, 0.1) is 11.4 Å². The Hall–Kier alpha value is -1.87. The van der Waals surface area contributed by atoms with Crippen molar-refractivity contribution in [2.45, 2.75) is 13.5 Å². The molecular formula is C14H17N3. The summed E-state index contributed by atoms with van der Waals surface area (Å²) in [4.78, 5) is 0. The fourth-order valence-corrected chi connectivity index (χ4v) is 1.58. The van der Waals surface area contributed by atoms with Crippen LogP contribution in [0.3, 0.4) is 0 Å². The van der Waals surface area contributed by atoms with Gasteiger partial charge in [-0.15, -0.1) is 0 Å². The molecule has 0 unspecified atom stereocenters. The lowest BCUT2D eigenvalue weighted by Crippen LogP contribution is -2.15. The first-order chi connectivity index (χ1) is 8.25.